The molecule has 0 bridgehead atoms. The lowest BCUT2D eigenvalue weighted by atomic mass is 9.85. The summed E-state index contributed by atoms with van der Waals surface area (Å²) in [5, 5.41) is 3.16. The number of amides is 1. The van der Waals surface area contributed by atoms with Crippen LogP contribution < -0.4 is 11.1 Å². The number of nitrogens with zero attached hydrogens (tertiary/aromatic N) is 2. The van der Waals surface area contributed by atoms with Gasteiger partial charge in [0.15, 0.2) is 0 Å². The Morgan fingerprint density at radius 2 is 1.92 bits per heavy atom. The van der Waals surface area contributed by atoms with Gasteiger partial charge in [0, 0.05) is 18.0 Å². The third-order valence-electron chi connectivity index (χ3n) is 4.97. The quantitative estimate of drug-likeness (QED) is 0.808. The van der Waals surface area contributed by atoms with Gasteiger partial charge in [-0.15, -0.1) is 24.8 Å². The lowest BCUT2D eigenvalue weighted by Crippen LogP contribution is -2.39. The van der Waals surface area contributed by atoms with Crippen LogP contribution in [0.5, 0.6) is 0 Å². The number of para-hydroxylation sites is 2. The van der Waals surface area contributed by atoms with Crippen LogP contribution in [0.3, 0.4) is 0 Å². The first-order valence-electron chi connectivity index (χ1n) is 9.00. The van der Waals surface area contributed by atoms with E-state index in [0.717, 1.165) is 42.5 Å². The van der Waals surface area contributed by atoms with E-state index in [4.69, 9.17) is 10.7 Å². The topological polar surface area (TPSA) is 72.9 Å². The van der Waals surface area contributed by atoms with E-state index in [2.05, 4.69) is 29.8 Å². The molecule has 1 fully saturated rings. The number of benzene rings is 1. The second-order valence-electron chi connectivity index (χ2n) is 7.28. The average Bonchev–Trinajstić information content (AvgIpc) is 2.94. The molecule has 0 spiro atoms. The molecule has 26 heavy (non-hydrogen) atoms. The predicted octanol–water partition coefficient (Wildman–Crippen LogP) is 4.16. The van der Waals surface area contributed by atoms with Gasteiger partial charge in [-0.2, -0.15) is 0 Å². The van der Waals surface area contributed by atoms with Crippen molar-refractivity contribution in [1.82, 2.24) is 14.9 Å². The minimum absolute atomic E-state index is 0. The van der Waals surface area contributed by atoms with Gasteiger partial charge in [-0.25, -0.2) is 4.98 Å². The summed E-state index contributed by atoms with van der Waals surface area (Å²) in [4.78, 5) is 17.4. The van der Waals surface area contributed by atoms with Crippen molar-refractivity contribution in [2.45, 2.75) is 64.6 Å². The van der Waals surface area contributed by atoms with Crippen LogP contribution in [0.15, 0.2) is 24.3 Å². The molecular weight excluding hydrogens is 371 g/mol. The van der Waals surface area contributed by atoms with Crippen LogP contribution in [0.25, 0.3) is 11.0 Å². The Bertz CT molecular complexity index is 731. The zero-order valence-electron chi connectivity index (χ0n) is 15.6. The highest BCUT2D eigenvalue weighted by Gasteiger charge is 2.27. The van der Waals surface area contributed by atoms with Gasteiger partial charge < -0.3 is 15.6 Å². The number of aromatic nitrogens is 2. The van der Waals surface area contributed by atoms with Crippen molar-refractivity contribution in [2.75, 3.05) is 0 Å². The first-order chi connectivity index (χ1) is 11.5. The summed E-state index contributed by atoms with van der Waals surface area (Å²) in [5.41, 5.74) is 8.11. The van der Waals surface area contributed by atoms with Crippen LogP contribution in [-0.4, -0.2) is 21.5 Å². The van der Waals surface area contributed by atoms with Crippen molar-refractivity contribution in [3.8, 4) is 0 Å². The molecule has 0 radical (unpaired) electrons. The Morgan fingerprint density at radius 1 is 1.23 bits per heavy atom. The van der Waals surface area contributed by atoms with Crippen molar-refractivity contribution in [2.24, 2.45) is 11.7 Å². The summed E-state index contributed by atoms with van der Waals surface area (Å²) >= 11 is 0. The van der Waals surface area contributed by atoms with Crippen molar-refractivity contribution in [3.05, 3.63) is 30.1 Å². The number of carbonyl (C=O) groups is 1. The molecule has 1 aliphatic rings. The van der Waals surface area contributed by atoms with Crippen molar-refractivity contribution in [3.63, 3.8) is 0 Å². The van der Waals surface area contributed by atoms with E-state index >= 15 is 0 Å². The van der Waals surface area contributed by atoms with Gasteiger partial charge in [0.1, 0.15) is 5.82 Å². The molecule has 2 aromatic rings. The first kappa shape index (κ1) is 22.7. The van der Waals surface area contributed by atoms with Crippen LogP contribution in [-0.2, 0) is 4.79 Å². The van der Waals surface area contributed by atoms with E-state index in [-0.39, 0.29) is 54.8 Å². The molecule has 1 aromatic carbocycles. The smallest absolute Gasteiger partial charge is 0.223 e. The number of hydrogen-bond acceptors (Lipinski definition) is 3. The van der Waals surface area contributed by atoms with E-state index in [9.17, 15) is 4.79 Å². The Kier molecular flexibility index (Phi) is 8.38. The maximum absolute atomic E-state index is 12.6. The fraction of sp³-hybridized carbons (Fsp3) is 0.579. The molecule has 1 heterocycles. The van der Waals surface area contributed by atoms with Gasteiger partial charge in [-0.1, -0.05) is 18.6 Å². The van der Waals surface area contributed by atoms with Crippen LogP contribution >= 0.6 is 24.8 Å². The molecular formula is C19H30Cl2N4O. The normalized spacial score (nSPS) is 21.0. The third-order valence-corrected chi connectivity index (χ3v) is 4.97. The molecule has 1 amide bonds. The molecule has 3 unspecified atom stereocenters. The molecule has 3 N–H and O–H groups in total. The summed E-state index contributed by atoms with van der Waals surface area (Å²) in [6, 6.07) is 8.45. The van der Waals surface area contributed by atoms with E-state index in [1.807, 2.05) is 25.1 Å². The maximum atomic E-state index is 12.6. The minimum Gasteiger partial charge on any atom is -0.346 e. The zero-order valence-corrected chi connectivity index (χ0v) is 17.3. The Morgan fingerprint density at radius 3 is 2.58 bits per heavy atom. The Hall–Kier alpha value is -1.30. The van der Waals surface area contributed by atoms with E-state index in [1.54, 1.807) is 0 Å². The molecule has 1 aromatic heterocycles. The summed E-state index contributed by atoms with van der Waals surface area (Å²) in [5.74, 6) is 1.06. The van der Waals surface area contributed by atoms with Gasteiger partial charge in [0.2, 0.25) is 5.91 Å². The number of nitrogens with one attached hydrogen (secondary N) is 1. The molecule has 3 rings (SSSR count). The van der Waals surface area contributed by atoms with Crippen LogP contribution in [0.2, 0.25) is 0 Å². The minimum atomic E-state index is -0.120. The number of carbonyl (C=O) groups excluding carboxylic acids is 1. The van der Waals surface area contributed by atoms with Crippen LogP contribution in [0.1, 0.15) is 64.4 Å². The second-order valence-corrected chi connectivity index (χ2v) is 7.28. The highest BCUT2D eigenvalue weighted by molar-refractivity contribution is 5.85. The lowest BCUT2D eigenvalue weighted by Gasteiger charge is -2.27. The van der Waals surface area contributed by atoms with Crippen molar-refractivity contribution < 1.29 is 4.79 Å². The predicted molar refractivity (Wildman–Crippen MR) is 111 cm³/mol. The largest absolute Gasteiger partial charge is 0.346 e. The zero-order chi connectivity index (χ0) is 17.3. The van der Waals surface area contributed by atoms with E-state index < -0.39 is 0 Å². The molecule has 3 atom stereocenters. The summed E-state index contributed by atoms with van der Waals surface area (Å²) in [6.45, 7) is 6.30. The second kappa shape index (κ2) is 9.58. The fourth-order valence-corrected chi connectivity index (χ4v) is 3.77. The molecule has 1 aliphatic carbocycles. The van der Waals surface area contributed by atoms with Gasteiger partial charge in [0.05, 0.1) is 17.1 Å². The number of nitrogens with two attached hydrogens (primary N) is 1. The summed E-state index contributed by atoms with van der Waals surface area (Å²) in [6.07, 6.45) is 3.80. The number of imidazole rings is 1. The number of fused-ring (bicyclic) bond motifs is 1. The van der Waals surface area contributed by atoms with Gasteiger partial charge in [-0.05, 0) is 52.2 Å². The molecule has 0 saturated heterocycles. The first-order valence-corrected chi connectivity index (χ1v) is 9.00. The highest BCUT2D eigenvalue weighted by Crippen LogP contribution is 2.27. The summed E-state index contributed by atoms with van der Waals surface area (Å²) in [7, 11) is 0. The van der Waals surface area contributed by atoms with Crippen LogP contribution in [0.4, 0.5) is 0 Å². The third kappa shape index (κ3) is 4.70. The van der Waals surface area contributed by atoms with Crippen molar-refractivity contribution >= 4 is 41.8 Å². The molecule has 7 heteroatoms. The average molecular weight is 401 g/mol. The molecule has 0 aliphatic heterocycles. The van der Waals surface area contributed by atoms with Crippen LogP contribution in [0, 0.1) is 5.92 Å². The van der Waals surface area contributed by atoms with Gasteiger partial charge >= 0.3 is 0 Å². The Balaban J connectivity index is 0.00000169. The van der Waals surface area contributed by atoms with Gasteiger partial charge in [-0.3, -0.25) is 4.79 Å². The number of hydrogen-bond donors (Lipinski definition) is 2. The van der Waals surface area contributed by atoms with E-state index in [1.165, 1.54) is 0 Å². The van der Waals surface area contributed by atoms with E-state index in [0.29, 0.717) is 0 Å². The van der Waals surface area contributed by atoms with Crippen molar-refractivity contribution in [1.29, 1.82) is 0 Å². The fourth-order valence-electron chi connectivity index (χ4n) is 3.77. The number of halogens is 2. The lowest BCUT2D eigenvalue weighted by molar-refractivity contribution is -0.126. The SMILES string of the molecule is CC(NC(=O)C1CCCC(N)C1)c1nc2ccccc2n1C(C)C.Cl.Cl. The Labute approximate surface area is 167 Å². The monoisotopic (exact) mass is 400 g/mol. The molecule has 146 valence electrons. The standard InChI is InChI=1S/C19H28N4O.2ClH/c1-12(2)23-17-10-5-4-9-16(17)22-18(23)13(3)21-19(24)14-7-6-8-15(20)11-14;;/h4-5,9-10,12-15H,6-8,11,20H2,1-3H3,(H,21,24);2*1H. The summed E-state index contributed by atoms with van der Waals surface area (Å²) < 4.78 is 2.22. The van der Waals surface area contributed by atoms with Gasteiger partial charge in [0.25, 0.3) is 0 Å². The highest BCUT2D eigenvalue weighted by atomic mass is 35.5. The molecule has 5 nitrogen and oxygen atoms in total. The molecule has 1 saturated carbocycles. The maximum Gasteiger partial charge on any atom is 0.223 e. The number of rotatable bonds is 4.